The SMILES string of the molecule is CCOc1ccc(C(=O)O[C@H](C)C(=O)Nc2ccc(C)cc2C)cc1. The van der Waals surface area contributed by atoms with Gasteiger partial charge in [0.1, 0.15) is 5.75 Å². The number of nitrogens with one attached hydrogen (secondary N) is 1. The first-order chi connectivity index (χ1) is 11.9. The van der Waals surface area contributed by atoms with Crippen LogP contribution in [0.4, 0.5) is 5.69 Å². The van der Waals surface area contributed by atoms with Crippen molar-refractivity contribution in [1.82, 2.24) is 0 Å². The third-order valence-electron chi connectivity index (χ3n) is 3.69. The summed E-state index contributed by atoms with van der Waals surface area (Å²) in [5, 5.41) is 2.78. The lowest BCUT2D eigenvalue weighted by Gasteiger charge is -2.15. The van der Waals surface area contributed by atoms with Crippen LogP contribution in [0.15, 0.2) is 42.5 Å². The minimum Gasteiger partial charge on any atom is -0.494 e. The molecule has 1 amide bonds. The Morgan fingerprint density at radius 1 is 1.08 bits per heavy atom. The molecule has 1 N–H and O–H groups in total. The van der Waals surface area contributed by atoms with Crippen LogP contribution in [-0.4, -0.2) is 24.6 Å². The molecule has 5 nitrogen and oxygen atoms in total. The van der Waals surface area contributed by atoms with E-state index in [0.717, 1.165) is 11.1 Å². The molecule has 2 aromatic carbocycles. The summed E-state index contributed by atoms with van der Waals surface area (Å²) in [5.74, 6) is -0.239. The molecule has 0 bridgehead atoms. The van der Waals surface area contributed by atoms with Crippen LogP contribution in [0.2, 0.25) is 0 Å². The zero-order valence-electron chi connectivity index (χ0n) is 15.0. The number of carbonyl (C=O) groups is 2. The number of hydrogen-bond donors (Lipinski definition) is 1. The Labute approximate surface area is 148 Å². The zero-order valence-corrected chi connectivity index (χ0v) is 15.0. The molecule has 0 aliphatic carbocycles. The summed E-state index contributed by atoms with van der Waals surface area (Å²) < 4.78 is 10.6. The van der Waals surface area contributed by atoms with E-state index in [4.69, 9.17) is 9.47 Å². The van der Waals surface area contributed by atoms with Gasteiger partial charge in [0, 0.05) is 5.69 Å². The van der Waals surface area contributed by atoms with Gasteiger partial charge in [0.15, 0.2) is 6.10 Å². The molecule has 0 saturated heterocycles. The number of carbonyl (C=O) groups excluding carboxylic acids is 2. The first-order valence-electron chi connectivity index (χ1n) is 8.22. The van der Waals surface area contributed by atoms with Gasteiger partial charge < -0.3 is 14.8 Å². The highest BCUT2D eigenvalue weighted by molar-refractivity contribution is 5.97. The molecule has 0 aromatic heterocycles. The first-order valence-corrected chi connectivity index (χ1v) is 8.22. The van der Waals surface area contributed by atoms with Crippen molar-refractivity contribution < 1.29 is 19.1 Å². The molecular weight excluding hydrogens is 318 g/mol. The van der Waals surface area contributed by atoms with Gasteiger partial charge in [-0.15, -0.1) is 0 Å². The number of anilines is 1. The van der Waals surface area contributed by atoms with Gasteiger partial charge in [-0.1, -0.05) is 17.7 Å². The molecule has 0 unspecified atom stereocenters. The van der Waals surface area contributed by atoms with Gasteiger partial charge in [0.2, 0.25) is 0 Å². The molecular formula is C20H23NO4. The quantitative estimate of drug-likeness (QED) is 0.810. The fraction of sp³-hybridized carbons (Fsp3) is 0.300. The van der Waals surface area contributed by atoms with Crippen molar-refractivity contribution in [3.8, 4) is 5.75 Å². The second-order valence-electron chi connectivity index (χ2n) is 5.81. The molecule has 0 saturated carbocycles. The van der Waals surface area contributed by atoms with E-state index < -0.39 is 12.1 Å². The number of rotatable bonds is 6. The predicted molar refractivity (Wildman–Crippen MR) is 97.0 cm³/mol. The Bertz CT molecular complexity index is 753. The van der Waals surface area contributed by atoms with Crippen LogP contribution in [0.3, 0.4) is 0 Å². The fourth-order valence-electron chi connectivity index (χ4n) is 2.32. The van der Waals surface area contributed by atoms with Crippen molar-refractivity contribution in [2.45, 2.75) is 33.8 Å². The minimum absolute atomic E-state index is 0.369. The lowest BCUT2D eigenvalue weighted by atomic mass is 10.1. The lowest BCUT2D eigenvalue weighted by Crippen LogP contribution is -2.30. The van der Waals surface area contributed by atoms with Crippen LogP contribution in [0, 0.1) is 13.8 Å². The molecule has 5 heteroatoms. The number of esters is 1. The predicted octanol–water partition coefficient (Wildman–Crippen LogP) is 3.89. The number of benzene rings is 2. The Morgan fingerprint density at radius 2 is 1.76 bits per heavy atom. The maximum absolute atomic E-state index is 12.2. The smallest absolute Gasteiger partial charge is 0.338 e. The molecule has 0 heterocycles. The Morgan fingerprint density at radius 3 is 2.36 bits per heavy atom. The molecule has 0 radical (unpaired) electrons. The van der Waals surface area contributed by atoms with Crippen molar-refractivity contribution in [3.05, 3.63) is 59.2 Å². The Balaban J connectivity index is 1.96. The third kappa shape index (κ3) is 5.08. The number of amides is 1. The fourth-order valence-corrected chi connectivity index (χ4v) is 2.32. The van der Waals surface area contributed by atoms with Gasteiger partial charge in [-0.2, -0.15) is 0 Å². The summed E-state index contributed by atoms with van der Waals surface area (Å²) in [6, 6.07) is 12.3. The molecule has 25 heavy (non-hydrogen) atoms. The van der Waals surface area contributed by atoms with E-state index in [2.05, 4.69) is 5.32 Å². The van der Waals surface area contributed by atoms with Gasteiger partial charge in [0.25, 0.3) is 5.91 Å². The van der Waals surface area contributed by atoms with Crippen molar-refractivity contribution >= 4 is 17.6 Å². The molecule has 0 aliphatic rings. The van der Waals surface area contributed by atoms with E-state index in [1.165, 1.54) is 0 Å². The Kier molecular flexibility index (Phi) is 6.17. The van der Waals surface area contributed by atoms with Gasteiger partial charge in [-0.3, -0.25) is 4.79 Å². The third-order valence-corrected chi connectivity index (χ3v) is 3.69. The monoisotopic (exact) mass is 341 g/mol. The molecule has 1 atom stereocenters. The standard InChI is InChI=1S/C20H23NO4/c1-5-24-17-9-7-16(8-10-17)20(23)25-15(4)19(22)21-18-11-6-13(2)12-14(18)3/h6-12,15H,5H2,1-4H3,(H,21,22)/t15-/m1/s1. The summed E-state index contributed by atoms with van der Waals surface area (Å²) in [5.41, 5.74) is 3.15. The molecule has 0 aliphatic heterocycles. The highest BCUT2D eigenvalue weighted by atomic mass is 16.5. The summed E-state index contributed by atoms with van der Waals surface area (Å²) in [6.45, 7) is 7.89. The van der Waals surface area contributed by atoms with Crippen LogP contribution >= 0.6 is 0 Å². The molecule has 0 fully saturated rings. The average Bonchev–Trinajstić information content (AvgIpc) is 2.58. The molecule has 2 rings (SSSR count). The van der Waals surface area contributed by atoms with Crippen molar-refractivity contribution in [2.75, 3.05) is 11.9 Å². The maximum atomic E-state index is 12.2. The van der Waals surface area contributed by atoms with E-state index in [1.807, 2.05) is 39.0 Å². The summed E-state index contributed by atoms with van der Waals surface area (Å²) in [4.78, 5) is 24.4. The van der Waals surface area contributed by atoms with E-state index in [9.17, 15) is 9.59 Å². The summed E-state index contributed by atoms with van der Waals surface area (Å²) in [7, 11) is 0. The second kappa shape index (κ2) is 8.33. The number of hydrogen-bond acceptors (Lipinski definition) is 4. The normalized spacial score (nSPS) is 11.5. The number of ether oxygens (including phenoxy) is 2. The highest BCUT2D eigenvalue weighted by Gasteiger charge is 2.19. The topological polar surface area (TPSA) is 64.6 Å². The molecule has 2 aromatic rings. The van der Waals surface area contributed by atoms with Crippen molar-refractivity contribution in [1.29, 1.82) is 0 Å². The highest BCUT2D eigenvalue weighted by Crippen LogP contribution is 2.17. The van der Waals surface area contributed by atoms with Crippen molar-refractivity contribution in [2.24, 2.45) is 0 Å². The zero-order chi connectivity index (χ0) is 18.4. The van der Waals surface area contributed by atoms with Crippen molar-refractivity contribution in [3.63, 3.8) is 0 Å². The van der Waals surface area contributed by atoms with Crippen LogP contribution in [0.25, 0.3) is 0 Å². The van der Waals surface area contributed by atoms with Crippen LogP contribution in [0.1, 0.15) is 35.3 Å². The van der Waals surface area contributed by atoms with Crippen LogP contribution in [-0.2, 0) is 9.53 Å². The van der Waals surface area contributed by atoms with Gasteiger partial charge >= 0.3 is 5.97 Å². The molecule has 132 valence electrons. The van der Waals surface area contributed by atoms with Gasteiger partial charge in [-0.05, 0) is 63.6 Å². The van der Waals surface area contributed by atoms with Gasteiger partial charge in [-0.25, -0.2) is 4.79 Å². The maximum Gasteiger partial charge on any atom is 0.338 e. The minimum atomic E-state index is -0.903. The Hall–Kier alpha value is -2.82. The van der Waals surface area contributed by atoms with E-state index in [0.29, 0.717) is 23.6 Å². The molecule has 0 spiro atoms. The number of aryl methyl sites for hydroxylation is 2. The summed E-state index contributed by atoms with van der Waals surface area (Å²) in [6.07, 6.45) is -0.903. The van der Waals surface area contributed by atoms with Crippen LogP contribution < -0.4 is 10.1 Å². The average molecular weight is 341 g/mol. The lowest BCUT2D eigenvalue weighted by molar-refractivity contribution is -0.123. The van der Waals surface area contributed by atoms with E-state index >= 15 is 0 Å². The largest absolute Gasteiger partial charge is 0.494 e. The first kappa shape index (κ1) is 18.5. The van der Waals surface area contributed by atoms with E-state index in [-0.39, 0.29) is 5.91 Å². The van der Waals surface area contributed by atoms with Crippen LogP contribution in [0.5, 0.6) is 5.75 Å². The summed E-state index contributed by atoms with van der Waals surface area (Å²) >= 11 is 0. The van der Waals surface area contributed by atoms with E-state index in [1.54, 1.807) is 31.2 Å². The van der Waals surface area contributed by atoms with Gasteiger partial charge in [0.05, 0.1) is 12.2 Å². The second-order valence-corrected chi connectivity index (χ2v) is 5.81.